The summed E-state index contributed by atoms with van der Waals surface area (Å²) in [7, 11) is 0. The minimum absolute atomic E-state index is 0.171. The first-order valence-electron chi connectivity index (χ1n) is 9.15. The third kappa shape index (κ3) is 4.67. The minimum atomic E-state index is -1.02. The van der Waals surface area contributed by atoms with E-state index in [-0.39, 0.29) is 17.8 Å². The topological polar surface area (TPSA) is 65.7 Å². The van der Waals surface area contributed by atoms with Crippen molar-refractivity contribution in [2.45, 2.75) is 31.1 Å². The SMILES string of the molecule is C[S+]([O-])c1ccc(COc2coc(CN3Cc4cccc(Cl)c4C3)cc2=O)cc1. The van der Waals surface area contributed by atoms with Crippen LogP contribution in [0.3, 0.4) is 0 Å². The van der Waals surface area contributed by atoms with Crippen LogP contribution >= 0.6 is 11.6 Å². The smallest absolute Gasteiger partial charge is 0.227 e. The van der Waals surface area contributed by atoms with Crippen molar-refractivity contribution in [3.05, 3.63) is 92.5 Å². The zero-order chi connectivity index (χ0) is 20.4. The molecule has 0 aliphatic carbocycles. The molecule has 0 saturated heterocycles. The molecule has 3 aromatic rings. The molecule has 5 nitrogen and oxygen atoms in total. The number of nitrogens with zero attached hydrogens (tertiary/aromatic N) is 1. The summed E-state index contributed by atoms with van der Waals surface area (Å²) in [5.74, 6) is 0.755. The van der Waals surface area contributed by atoms with Crippen molar-refractivity contribution in [1.29, 1.82) is 0 Å². The van der Waals surface area contributed by atoms with Crippen molar-refractivity contribution >= 4 is 22.8 Å². The highest BCUT2D eigenvalue weighted by Gasteiger charge is 2.22. The van der Waals surface area contributed by atoms with E-state index in [1.54, 1.807) is 18.4 Å². The third-order valence-electron chi connectivity index (χ3n) is 4.87. The van der Waals surface area contributed by atoms with E-state index in [1.807, 2.05) is 24.3 Å². The first-order valence-corrected chi connectivity index (χ1v) is 11.1. The maximum atomic E-state index is 12.4. The van der Waals surface area contributed by atoms with Gasteiger partial charge in [-0.1, -0.05) is 35.9 Å². The molecule has 29 heavy (non-hydrogen) atoms. The lowest BCUT2D eigenvalue weighted by molar-refractivity contribution is 0.241. The Labute approximate surface area is 177 Å². The van der Waals surface area contributed by atoms with Crippen LogP contribution in [-0.4, -0.2) is 15.7 Å². The molecule has 7 heteroatoms. The normalized spacial score (nSPS) is 14.6. The van der Waals surface area contributed by atoms with Gasteiger partial charge in [0.15, 0.2) is 4.90 Å². The molecule has 1 aromatic heterocycles. The van der Waals surface area contributed by atoms with Crippen LogP contribution in [0, 0.1) is 0 Å². The van der Waals surface area contributed by atoms with E-state index in [4.69, 9.17) is 20.8 Å². The van der Waals surface area contributed by atoms with Crippen LogP contribution in [0.4, 0.5) is 0 Å². The van der Waals surface area contributed by atoms with Gasteiger partial charge in [-0.05, 0) is 46.1 Å². The Morgan fingerprint density at radius 3 is 2.69 bits per heavy atom. The highest BCUT2D eigenvalue weighted by Crippen LogP contribution is 2.29. The van der Waals surface area contributed by atoms with Gasteiger partial charge in [-0.15, -0.1) is 0 Å². The van der Waals surface area contributed by atoms with Gasteiger partial charge in [-0.25, -0.2) is 0 Å². The Morgan fingerprint density at radius 2 is 2.00 bits per heavy atom. The highest BCUT2D eigenvalue weighted by atomic mass is 35.5. The fourth-order valence-electron chi connectivity index (χ4n) is 3.35. The van der Waals surface area contributed by atoms with Crippen molar-refractivity contribution in [1.82, 2.24) is 4.90 Å². The Hall–Kier alpha value is -2.25. The molecule has 1 atom stereocenters. The first-order chi connectivity index (χ1) is 14.0. The zero-order valence-corrected chi connectivity index (χ0v) is 17.5. The Kier molecular flexibility index (Phi) is 5.96. The molecule has 0 spiro atoms. The summed E-state index contributed by atoms with van der Waals surface area (Å²) in [6, 6.07) is 14.6. The van der Waals surface area contributed by atoms with Crippen molar-refractivity contribution in [3.63, 3.8) is 0 Å². The highest BCUT2D eigenvalue weighted by molar-refractivity contribution is 7.90. The first kappa shape index (κ1) is 20.0. The fraction of sp³-hybridized carbons (Fsp3) is 0.227. The molecule has 0 bridgehead atoms. The number of fused-ring (bicyclic) bond motifs is 1. The molecule has 2 aromatic carbocycles. The summed E-state index contributed by atoms with van der Waals surface area (Å²) < 4.78 is 22.7. The molecule has 150 valence electrons. The van der Waals surface area contributed by atoms with E-state index >= 15 is 0 Å². The van der Waals surface area contributed by atoms with Crippen LogP contribution in [0.15, 0.2) is 68.9 Å². The van der Waals surface area contributed by atoms with Crippen LogP contribution in [-0.2, 0) is 37.4 Å². The van der Waals surface area contributed by atoms with Crippen molar-refractivity contribution < 1.29 is 13.7 Å². The second-order valence-corrected chi connectivity index (χ2v) is 8.77. The van der Waals surface area contributed by atoms with Crippen LogP contribution in [0.5, 0.6) is 5.75 Å². The Bertz CT molecular complexity index is 1070. The predicted octanol–water partition coefficient (Wildman–Crippen LogP) is 4.13. The molecular formula is C22H20ClNO4S. The number of rotatable bonds is 6. The van der Waals surface area contributed by atoms with Crippen molar-refractivity contribution in [2.75, 3.05) is 6.26 Å². The summed E-state index contributed by atoms with van der Waals surface area (Å²) in [5, 5.41) is 0.772. The van der Waals surface area contributed by atoms with Gasteiger partial charge in [-0.2, -0.15) is 0 Å². The summed E-state index contributed by atoms with van der Waals surface area (Å²) in [6.45, 7) is 2.27. The maximum Gasteiger partial charge on any atom is 0.227 e. The Morgan fingerprint density at radius 1 is 1.21 bits per heavy atom. The standard InChI is InChI=1S/C22H20ClNO4S/c1-29(26)18-7-5-15(6-8-18)13-28-22-14-27-17(9-21(22)25)11-24-10-16-3-2-4-20(23)19(16)12-24/h2-9,14H,10-13H2,1H3. The van der Waals surface area contributed by atoms with E-state index < -0.39 is 11.2 Å². The Balaban J connectivity index is 1.37. The quantitative estimate of drug-likeness (QED) is 0.551. The van der Waals surface area contributed by atoms with Gasteiger partial charge in [0.25, 0.3) is 0 Å². The lowest BCUT2D eigenvalue weighted by Crippen LogP contribution is -2.17. The monoisotopic (exact) mass is 429 g/mol. The summed E-state index contributed by atoms with van der Waals surface area (Å²) in [6.07, 6.45) is 3.00. The van der Waals surface area contributed by atoms with Gasteiger partial charge in [-0.3, -0.25) is 9.69 Å². The van der Waals surface area contributed by atoms with Gasteiger partial charge in [0.2, 0.25) is 11.2 Å². The predicted molar refractivity (Wildman–Crippen MR) is 112 cm³/mol. The van der Waals surface area contributed by atoms with Crippen LogP contribution in [0.1, 0.15) is 22.5 Å². The van der Waals surface area contributed by atoms with Gasteiger partial charge in [0.1, 0.15) is 24.9 Å². The molecule has 2 heterocycles. The molecule has 0 N–H and O–H groups in total. The van der Waals surface area contributed by atoms with Crippen molar-refractivity contribution in [3.8, 4) is 5.75 Å². The number of benzene rings is 2. The third-order valence-corrected chi connectivity index (χ3v) is 6.16. The van der Waals surface area contributed by atoms with Crippen LogP contribution in [0.25, 0.3) is 0 Å². The van der Waals surface area contributed by atoms with Gasteiger partial charge < -0.3 is 13.7 Å². The molecule has 1 aliphatic rings. The summed E-state index contributed by atoms with van der Waals surface area (Å²) in [4.78, 5) is 15.3. The zero-order valence-electron chi connectivity index (χ0n) is 15.9. The van der Waals surface area contributed by atoms with Crippen LogP contribution in [0.2, 0.25) is 5.02 Å². The number of hydrogen-bond acceptors (Lipinski definition) is 5. The molecule has 1 aliphatic heterocycles. The maximum absolute atomic E-state index is 12.4. The molecule has 0 fully saturated rings. The average molecular weight is 430 g/mol. The molecule has 1 unspecified atom stereocenters. The van der Waals surface area contributed by atoms with E-state index in [1.165, 1.54) is 17.9 Å². The average Bonchev–Trinajstić information content (AvgIpc) is 3.11. The molecule has 0 saturated carbocycles. The lowest BCUT2D eigenvalue weighted by atomic mass is 10.1. The van der Waals surface area contributed by atoms with E-state index in [2.05, 4.69) is 11.0 Å². The molecule has 0 radical (unpaired) electrons. The summed E-state index contributed by atoms with van der Waals surface area (Å²) >= 11 is 5.24. The number of hydrogen-bond donors (Lipinski definition) is 0. The van der Waals surface area contributed by atoms with Gasteiger partial charge in [0, 0.05) is 24.2 Å². The largest absolute Gasteiger partial charge is 0.612 e. The van der Waals surface area contributed by atoms with E-state index in [0.717, 1.165) is 34.1 Å². The molecule has 0 amide bonds. The fourth-order valence-corrected chi connectivity index (χ4v) is 4.12. The number of halogens is 1. The van der Waals surface area contributed by atoms with Crippen molar-refractivity contribution in [2.24, 2.45) is 0 Å². The second kappa shape index (κ2) is 8.63. The molecule has 4 rings (SSSR count). The number of ether oxygens (including phenoxy) is 1. The summed E-state index contributed by atoms with van der Waals surface area (Å²) in [5.41, 5.74) is 3.01. The van der Waals surface area contributed by atoms with E-state index in [9.17, 15) is 9.35 Å². The second-order valence-electron chi connectivity index (χ2n) is 6.98. The van der Waals surface area contributed by atoms with Gasteiger partial charge in [0.05, 0.1) is 6.54 Å². The molecular weight excluding hydrogens is 410 g/mol. The minimum Gasteiger partial charge on any atom is -0.612 e. The van der Waals surface area contributed by atoms with Gasteiger partial charge >= 0.3 is 0 Å². The van der Waals surface area contributed by atoms with Crippen LogP contribution < -0.4 is 10.2 Å². The van der Waals surface area contributed by atoms with E-state index in [0.29, 0.717) is 12.3 Å². The lowest BCUT2D eigenvalue weighted by Gasteiger charge is -2.14.